The van der Waals surface area contributed by atoms with E-state index in [0.717, 1.165) is 51.9 Å². The Balaban J connectivity index is 1.52. The number of ether oxygens (including phenoxy) is 1. The number of amides is 1. The molecule has 5 heteroatoms. The molecule has 1 atom stereocenters. The molecule has 1 unspecified atom stereocenters. The van der Waals surface area contributed by atoms with Crippen LogP contribution in [0.3, 0.4) is 0 Å². The van der Waals surface area contributed by atoms with Crippen LogP contribution in [0.2, 0.25) is 0 Å². The number of nitrogens with zero attached hydrogens (tertiary/aromatic N) is 2. The number of nitrogens with one attached hydrogen (secondary N) is 1. The maximum absolute atomic E-state index is 11.7. The van der Waals surface area contributed by atoms with Crippen LogP contribution in [0.5, 0.6) is 0 Å². The lowest BCUT2D eigenvalue weighted by atomic mass is 9.78. The normalized spacial score (nSPS) is 23.1. The lowest BCUT2D eigenvalue weighted by Gasteiger charge is -2.46. The molecule has 3 rings (SSSR count). The highest BCUT2D eigenvalue weighted by atomic mass is 16.5. The zero-order valence-corrected chi connectivity index (χ0v) is 15.0. The molecule has 25 heavy (non-hydrogen) atoms. The molecule has 1 N–H and O–H groups in total. The van der Waals surface area contributed by atoms with Crippen LogP contribution in [0.25, 0.3) is 0 Å². The maximum Gasteiger partial charge on any atom is 0.220 e. The first-order chi connectivity index (χ1) is 12.1. The summed E-state index contributed by atoms with van der Waals surface area (Å²) in [6, 6.07) is 10.0. The standard InChI is InChI=1S/C20H27N3O2/c1-22-19(24)12-18-6-11-25-20(13-18)7-9-23(10-8-20)15-17-4-2-16(14-21)3-5-17/h2-5,18H,6-13,15H2,1H3,(H,22,24). The third kappa shape index (κ3) is 4.59. The number of carbonyl (C=O) groups is 1. The predicted molar refractivity (Wildman–Crippen MR) is 95.8 cm³/mol. The Hall–Kier alpha value is -1.90. The van der Waals surface area contributed by atoms with Gasteiger partial charge in [0.05, 0.1) is 17.2 Å². The summed E-state index contributed by atoms with van der Waals surface area (Å²) in [6.45, 7) is 3.74. The van der Waals surface area contributed by atoms with Crippen LogP contribution in [0, 0.1) is 17.2 Å². The van der Waals surface area contributed by atoms with Gasteiger partial charge in [-0.3, -0.25) is 9.69 Å². The second-order valence-corrected chi connectivity index (χ2v) is 7.35. The van der Waals surface area contributed by atoms with Crippen molar-refractivity contribution in [3.8, 4) is 6.07 Å². The molecule has 5 nitrogen and oxygen atoms in total. The fourth-order valence-electron chi connectivity index (χ4n) is 4.08. The fourth-order valence-corrected chi connectivity index (χ4v) is 4.08. The highest BCUT2D eigenvalue weighted by Gasteiger charge is 2.40. The van der Waals surface area contributed by atoms with E-state index in [2.05, 4.69) is 16.3 Å². The van der Waals surface area contributed by atoms with Crippen LogP contribution >= 0.6 is 0 Å². The van der Waals surface area contributed by atoms with Gasteiger partial charge in [-0.15, -0.1) is 0 Å². The van der Waals surface area contributed by atoms with Gasteiger partial charge in [0.1, 0.15) is 0 Å². The minimum atomic E-state index is -0.0297. The third-order valence-electron chi connectivity index (χ3n) is 5.60. The average Bonchev–Trinajstić information content (AvgIpc) is 2.64. The number of nitriles is 1. The largest absolute Gasteiger partial charge is 0.375 e. The van der Waals surface area contributed by atoms with E-state index in [-0.39, 0.29) is 11.5 Å². The van der Waals surface area contributed by atoms with Crippen molar-refractivity contribution < 1.29 is 9.53 Å². The zero-order chi connectivity index (χ0) is 17.7. The lowest BCUT2D eigenvalue weighted by Crippen LogP contribution is -2.49. The van der Waals surface area contributed by atoms with Gasteiger partial charge < -0.3 is 10.1 Å². The summed E-state index contributed by atoms with van der Waals surface area (Å²) in [4.78, 5) is 14.1. The number of hydrogen-bond donors (Lipinski definition) is 1. The molecule has 0 aliphatic carbocycles. The smallest absolute Gasteiger partial charge is 0.220 e. The minimum Gasteiger partial charge on any atom is -0.375 e. The first kappa shape index (κ1) is 17.9. The van der Waals surface area contributed by atoms with E-state index >= 15 is 0 Å². The van der Waals surface area contributed by atoms with E-state index in [4.69, 9.17) is 10.00 Å². The van der Waals surface area contributed by atoms with Gasteiger partial charge in [-0.25, -0.2) is 0 Å². The van der Waals surface area contributed by atoms with Crippen molar-refractivity contribution in [1.29, 1.82) is 5.26 Å². The van der Waals surface area contributed by atoms with E-state index < -0.39 is 0 Å². The summed E-state index contributed by atoms with van der Waals surface area (Å²) in [6.07, 6.45) is 4.69. The molecule has 1 aromatic rings. The minimum absolute atomic E-state index is 0.0297. The van der Waals surface area contributed by atoms with Crippen molar-refractivity contribution in [2.45, 2.75) is 44.2 Å². The summed E-state index contributed by atoms with van der Waals surface area (Å²) in [5.74, 6) is 0.582. The van der Waals surface area contributed by atoms with E-state index in [1.54, 1.807) is 7.05 Å². The molecule has 1 aromatic carbocycles. The number of piperidine rings is 1. The van der Waals surface area contributed by atoms with Gasteiger partial charge in [-0.05, 0) is 49.3 Å². The molecule has 0 radical (unpaired) electrons. The summed E-state index contributed by atoms with van der Waals surface area (Å²) >= 11 is 0. The van der Waals surface area contributed by atoms with Crippen LogP contribution in [0.15, 0.2) is 24.3 Å². The first-order valence-corrected chi connectivity index (χ1v) is 9.18. The van der Waals surface area contributed by atoms with E-state index in [1.807, 2.05) is 24.3 Å². The highest BCUT2D eigenvalue weighted by Crippen LogP contribution is 2.39. The Kier molecular flexibility index (Phi) is 5.72. The molecule has 2 heterocycles. The molecule has 0 bridgehead atoms. The Morgan fingerprint density at radius 1 is 1.36 bits per heavy atom. The van der Waals surface area contributed by atoms with Crippen molar-refractivity contribution in [3.05, 3.63) is 35.4 Å². The Bertz CT molecular complexity index is 627. The van der Waals surface area contributed by atoms with Crippen LogP contribution < -0.4 is 5.32 Å². The molecule has 2 aliphatic heterocycles. The molecule has 134 valence electrons. The van der Waals surface area contributed by atoms with Crippen molar-refractivity contribution in [2.24, 2.45) is 5.92 Å². The molecule has 2 saturated heterocycles. The number of rotatable bonds is 4. The predicted octanol–water partition coefficient (Wildman–Crippen LogP) is 2.46. The molecular formula is C20H27N3O2. The SMILES string of the molecule is CNC(=O)CC1CCOC2(CCN(Cc3ccc(C#N)cc3)CC2)C1. The van der Waals surface area contributed by atoms with Crippen molar-refractivity contribution in [2.75, 3.05) is 26.7 Å². The van der Waals surface area contributed by atoms with E-state index in [9.17, 15) is 4.79 Å². The van der Waals surface area contributed by atoms with Crippen molar-refractivity contribution >= 4 is 5.91 Å². The molecule has 1 amide bonds. The number of benzene rings is 1. The van der Waals surface area contributed by atoms with Crippen LogP contribution in [-0.4, -0.2) is 43.2 Å². The lowest BCUT2D eigenvalue weighted by molar-refractivity contribution is -0.136. The molecule has 2 fully saturated rings. The quantitative estimate of drug-likeness (QED) is 0.914. The van der Waals surface area contributed by atoms with Crippen molar-refractivity contribution in [3.63, 3.8) is 0 Å². The fraction of sp³-hybridized carbons (Fsp3) is 0.600. The number of hydrogen-bond acceptors (Lipinski definition) is 4. The zero-order valence-electron chi connectivity index (χ0n) is 15.0. The molecular weight excluding hydrogens is 314 g/mol. The Morgan fingerprint density at radius 2 is 2.08 bits per heavy atom. The second-order valence-electron chi connectivity index (χ2n) is 7.35. The maximum atomic E-state index is 11.7. The van der Waals surface area contributed by atoms with Gasteiger partial charge >= 0.3 is 0 Å². The summed E-state index contributed by atoms with van der Waals surface area (Å²) in [5, 5.41) is 11.6. The third-order valence-corrected chi connectivity index (χ3v) is 5.60. The Labute approximate surface area is 150 Å². The topological polar surface area (TPSA) is 65.4 Å². The van der Waals surface area contributed by atoms with E-state index in [0.29, 0.717) is 17.9 Å². The van der Waals surface area contributed by atoms with Gasteiger partial charge in [0.25, 0.3) is 0 Å². The molecule has 0 saturated carbocycles. The van der Waals surface area contributed by atoms with Crippen molar-refractivity contribution in [1.82, 2.24) is 10.2 Å². The monoisotopic (exact) mass is 341 g/mol. The van der Waals surface area contributed by atoms with Gasteiger partial charge in [0.2, 0.25) is 5.91 Å². The summed E-state index contributed by atoms with van der Waals surface area (Å²) < 4.78 is 6.19. The molecule has 1 spiro atoms. The molecule has 2 aliphatic rings. The highest BCUT2D eigenvalue weighted by molar-refractivity contribution is 5.75. The van der Waals surface area contributed by atoms with Crippen LogP contribution in [0.4, 0.5) is 0 Å². The number of carbonyl (C=O) groups excluding carboxylic acids is 1. The number of likely N-dealkylation sites (tertiary alicyclic amines) is 1. The van der Waals surface area contributed by atoms with Gasteiger partial charge in [-0.1, -0.05) is 12.1 Å². The Morgan fingerprint density at radius 3 is 2.72 bits per heavy atom. The summed E-state index contributed by atoms with van der Waals surface area (Å²) in [7, 11) is 1.71. The van der Waals surface area contributed by atoms with Gasteiger partial charge in [-0.2, -0.15) is 5.26 Å². The average molecular weight is 341 g/mol. The van der Waals surface area contributed by atoms with E-state index in [1.165, 1.54) is 5.56 Å². The van der Waals surface area contributed by atoms with Gasteiger partial charge in [0, 0.05) is 39.7 Å². The summed E-state index contributed by atoms with van der Waals surface area (Å²) in [5.41, 5.74) is 1.93. The van der Waals surface area contributed by atoms with Gasteiger partial charge in [0.15, 0.2) is 0 Å². The second kappa shape index (κ2) is 7.99. The van der Waals surface area contributed by atoms with Crippen LogP contribution in [-0.2, 0) is 16.1 Å². The first-order valence-electron chi connectivity index (χ1n) is 9.18. The molecule has 0 aromatic heterocycles. The van der Waals surface area contributed by atoms with Crippen LogP contribution in [0.1, 0.15) is 43.2 Å².